The molecule has 0 spiro atoms. The van der Waals surface area contributed by atoms with Gasteiger partial charge in [0, 0.05) is 37.0 Å². The molecule has 0 aromatic heterocycles. The Labute approximate surface area is 331 Å². The van der Waals surface area contributed by atoms with Crippen molar-refractivity contribution in [1.29, 1.82) is 0 Å². The summed E-state index contributed by atoms with van der Waals surface area (Å²) in [6.45, 7) is 5.44. The summed E-state index contributed by atoms with van der Waals surface area (Å²) >= 11 is 6.15. The summed E-state index contributed by atoms with van der Waals surface area (Å²) in [5.41, 5.74) is -1.23. The van der Waals surface area contributed by atoms with E-state index in [-0.39, 0.29) is 48.8 Å². The number of halogens is 2. The van der Waals surface area contributed by atoms with E-state index in [9.17, 15) is 36.8 Å². The number of ether oxygens (including phenoxy) is 1. The Balaban J connectivity index is 1.28. The summed E-state index contributed by atoms with van der Waals surface area (Å²) in [7, 11) is -2.83. The highest BCUT2D eigenvalue weighted by atomic mass is 35.5. The van der Waals surface area contributed by atoms with Gasteiger partial charge in [0.05, 0.1) is 18.1 Å². The molecule has 0 bridgehead atoms. The smallest absolute Gasteiger partial charge is 0.410 e. The van der Waals surface area contributed by atoms with Crippen LogP contribution in [-0.2, 0) is 42.2 Å². The summed E-state index contributed by atoms with van der Waals surface area (Å²) in [4.78, 5) is 73.4. The Morgan fingerprint density at radius 2 is 1.80 bits per heavy atom. The zero-order chi connectivity index (χ0) is 40.6. The number of nitrogens with zero attached hydrogens (tertiary/aromatic N) is 3. The summed E-state index contributed by atoms with van der Waals surface area (Å²) in [5.74, 6) is -3.31. The molecular formula is C39H48ClFN6O8S. The second-order valence-electron chi connectivity index (χ2n) is 15.9. The fourth-order valence-electron chi connectivity index (χ4n) is 7.37. The van der Waals surface area contributed by atoms with Gasteiger partial charge in [-0.25, -0.2) is 27.1 Å². The predicted molar refractivity (Wildman–Crippen MR) is 204 cm³/mol. The van der Waals surface area contributed by atoms with Crippen LogP contribution in [0.4, 0.5) is 14.0 Å². The van der Waals surface area contributed by atoms with Gasteiger partial charge in [-0.2, -0.15) is 0 Å². The average Bonchev–Trinajstić information content (AvgIpc) is 3.42. The molecule has 0 radical (unpaired) electrons. The van der Waals surface area contributed by atoms with Crippen molar-refractivity contribution in [3.63, 3.8) is 0 Å². The van der Waals surface area contributed by atoms with Gasteiger partial charge in [-0.15, -0.1) is 0 Å². The first-order valence-corrected chi connectivity index (χ1v) is 20.6. The molecule has 2 fully saturated rings. The van der Waals surface area contributed by atoms with Crippen LogP contribution in [0, 0.1) is 11.7 Å². The third-order valence-electron chi connectivity index (χ3n) is 11.1. The molecule has 5 atom stereocenters. The molecule has 4 aliphatic rings. The third-order valence-corrected chi connectivity index (χ3v) is 12.9. The quantitative estimate of drug-likeness (QED) is 0.367. The number of hydrogen-bond acceptors (Lipinski definition) is 8. The van der Waals surface area contributed by atoms with Crippen LogP contribution in [0.15, 0.2) is 59.5 Å². The van der Waals surface area contributed by atoms with Gasteiger partial charge < -0.3 is 25.2 Å². The zero-order valence-electron chi connectivity index (χ0n) is 31.8. The number of nitrogens with one attached hydrogen (secondary N) is 3. The van der Waals surface area contributed by atoms with Crippen LogP contribution in [0.5, 0.6) is 0 Å². The van der Waals surface area contributed by atoms with Crippen LogP contribution in [0.3, 0.4) is 0 Å². The minimum absolute atomic E-state index is 0.0147. The van der Waals surface area contributed by atoms with Gasteiger partial charge in [0.25, 0.3) is 15.9 Å². The molecule has 3 heterocycles. The molecular weight excluding hydrogens is 767 g/mol. The number of carbonyl (C=O) groups is 5. The molecule has 3 N–H and O–H groups in total. The lowest BCUT2D eigenvalue weighted by Gasteiger charge is -2.35. The Morgan fingerprint density at radius 1 is 1.05 bits per heavy atom. The van der Waals surface area contributed by atoms with E-state index in [1.54, 1.807) is 31.3 Å². The minimum Gasteiger partial charge on any atom is -0.444 e. The molecule has 6 amide bonds. The van der Waals surface area contributed by atoms with E-state index < -0.39 is 80.9 Å². The highest BCUT2D eigenvalue weighted by Crippen LogP contribution is 2.46. The van der Waals surface area contributed by atoms with Crippen molar-refractivity contribution in [1.82, 2.24) is 30.1 Å². The lowest BCUT2D eigenvalue weighted by Crippen LogP contribution is -2.59. The molecule has 2 aromatic rings. The average molecular weight is 815 g/mol. The maximum absolute atomic E-state index is 14.5. The Morgan fingerprint density at radius 3 is 2.52 bits per heavy atom. The van der Waals surface area contributed by atoms with Crippen LogP contribution in [0.25, 0.3) is 0 Å². The molecule has 17 heteroatoms. The lowest BCUT2D eigenvalue weighted by molar-refractivity contribution is -0.141. The van der Waals surface area contributed by atoms with Gasteiger partial charge in [0.1, 0.15) is 34.4 Å². The van der Waals surface area contributed by atoms with Gasteiger partial charge in [-0.1, -0.05) is 60.9 Å². The van der Waals surface area contributed by atoms with Crippen molar-refractivity contribution in [2.45, 2.75) is 113 Å². The molecule has 0 unspecified atom stereocenters. The van der Waals surface area contributed by atoms with Gasteiger partial charge in [-0.05, 0) is 70.2 Å². The van der Waals surface area contributed by atoms with Gasteiger partial charge in [-0.3, -0.25) is 19.3 Å². The monoisotopic (exact) mass is 814 g/mol. The van der Waals surface area contributed by atoms with E-state index in [4.69, 9.17) is 16.3 Å². The standard InChI is InChI=1S/C39H48ClFN6O8S/c1-38(2,3)45(4)36(51)42-30-17-9-7-5-6-8-14-25-20-39(25,35(50)44-56(53,54)32-18-11-10-15-28(32)40)43-33(48)31-19-26(22-47(31)34(30)49)55-37(52)46-21-24-13-12-16-29(41)27(24)23-46/h8,10-16,18,25-26,30-31H,5-7,9,17,19-23H2,1-4H3,(H,42,51)(H,43,48)(H,44,50)/t25-,26-,30+,31+,39-/m1/s1. The molecule has 1 saturated heterocycles. The summed E-state index contributed by atoms with van der Waals surface area (Å²) < 4.78 is 49.1. The Bertz CT molecular complexity index is 2040. The van der Waals surface area contributed by atoms with Crippen LogP contribution in [-0.4, -0.2) is 95.8 Å². The molecule has 3 aliphatic heterocycles. The number of hydrogen-bond donors (Lipinski definition) is 3. The summed E-state index contributed by atoms with van der Waals surface area (Å²) in [5, 5.41) is 5.54. The molecule has 302 valence electrons. The van der Waals surface area contributed by atoms with Crippen molar-refractivity contribution in [3.05, 3.63) is 76.6 Å². The van der Waals surface area contributed by atoms with Crippen molar-refractivity contribution < 1.29 is 41.5 Å². The molecule has 6 rings (SSSR count). The SMILES string of the molecule is CN(C(=O)N[C@H]1CCCCCC=C[C@@H]2C[C@@]2(C(=O)NS(=O)(=O)c2ccccc2Cl)NC(=O)[C@@H]2C[C@@H](OC(=O)N3Cc4cccc(F)c4C3)CN2C1=O)C(C)(C)C. The molecule has 14 nitrogen and oxygen atoms in total. The number of sulfonamides is 1. The molecule has 1 saturated carbocycles. The van der Waals surface area contributed by atoms with Crippen LogP contribution >= 0.6 is 11.6 Å². The molecule has 56 heavy (non-hydrogen) atoms. The fraction of sp³-hybridized carbons (Fsp3) is 0.513. The van der Waals surface area contributed by atoms with Crippen molar-refractivity contribution in [2.75, 3.05) is 13.6 Å². The Kier molecular flexibility index (Phi) is 11.7. The van der Waals surface area contributed by atoms with Crippen molar-refractivity contribution in [2.24, 2.45) is 5.92 Å². The van der Waals surface area contributed by atoms with Crippen LogP contribution in [0.1, 0.15) is 76.8 Å². The van der Waals surface area contributed by atoms with E-state index in [2.05, 4.69) is 15.4 Å². The third kappa shape index (κ3) is 8.65. The maximum Gasteiger partial charge on any atom is 0.410 e. The van der Waals surface area contributed by atoms with E-state index in [1.165, 1.54) is 39.0 Å². The minimum atomic E-state index is -4.45. The largest absolute Gasteiger partial charge is 0.444 e. The van der Waals surface area contributed by atoms with Gasteiger partial charge in [0.2, 0.25) is 11.8 Å². The topological polar surface area (TPSA) is 175 Å². The van der Waals surface area contributed by atoms with Crippen molar-refractivity contribution >= 4 is 51.5 Å². The number of urea groups is 1. The normalized spacial score (nSPS) is 25.5. The van der Waals surface area contributed by atoms with E-state index in [0.29, 0.717) is 30.4 Å². The summed E-state index contributed by atoms with van der Waals surface area (Å²) in [6, 6.07) is 7.43. The van der Waals surface area contributed by atoms with Crippen molar-refractivity contribution in [3.8, 4) is 0 Å². The van der Waals surface area contributed by atoms with Gasteiger partial charge >= 0.3 is 12.1 Å². The van der Waals surface area contributed by atoms with Crippen LogP contribution in [0.2, 0.25) is 5.02 Å². The van der Waals surface area contributed by atoms with Crippen LogP contribution < -0.4 is 15.4 Å². The zero-order valence-corrected chi connectivity index (χ0v) is 33.4. The summed E-state index contributed by atoms with van der Waals surface area (Å²) in [6.07, 6.45) is 4.79. The Hall–Kier alpha value is -4.70. The second kappa shape index (κ2) is 16.0. The number of benzene rings is 2. The predicted octanol–water partition coefficient (Wildman–Crippen LogP) is 4.61. The highest BCUT2D eigenvalue weighted by molar-refractivity contribution is 7.90. The van der Waals surface area contributed by atoms with Gasteiger partial charge in [0.15, 0.2) is 0 Å². The first kappa shape index (κ1) is 40.9. The lowest BCUT2D eigenvalue weighted by atomic mass is 10.0. The number of amides is 6. The first-order valence-electron chi connectivity index (χ1n) is 18.8. The number of allylic oxidation sites excluding steroid dienone is 1. The second-order valence-corrected chi connectivity index (χ2v) is 18.0. The number of fused-ring (bicyclic) bond motifs is 3. The van der Waals surface area contributed by atoms with E-state index in [1.807, 2.05) is 26.8 Å². The fourth-order valence-corrected chi connectivity index (χ4v) is 8.93. The number of rotatable bonds is 5. The molecule has 1 aliphatic carbocycles. The first-order chi connectivity index (χ1) is 26.4. The van der Waals surface area contributed by atoms with E-state index in [0.717, 1.165) is 6.42 Å². The highest BCUT2D eigenvalue weighted by Gasteiger charge is 2.62. The van der Waals surface area contributed by atoms with E-state index >= 15 is 0 Å². The number of carbonyl (C=O) groups excluding carboxylic acids is 5. The molecule has 2 aromatic carbocycles. The maximum atomic E-state index is 14.5.